The molecule has 2 amide bonds. The van der Waals surface area contributed by atoms with Crippen LogP contribution in [0.4, 0.5) is 15.8 Å². The SMILES string of the molecule is CN(CC(=O)Nc1ccc(N2CCOCC2)cc1)C(=O)C1CC(c2cccc(F)c2)=NO1. The molecule has 1 fully saturated rings. The zero-order valence-corrected chi connectivity index (χ0v) is 17.8. The molecule has 0 radical (unpaired) electrons. The van der Waals surface area contributed by atoms with Gasteiger partial charge in [0, 0.05) is 43.5 Å². The second kappa shape index (κ2) is 9.78. The highest BCUT2D eigenvalue weighted by Crippen LogP contribution is 2.20. The minimum absolute atomic E-state index is 0.126. The molecule has 32 heavy (non-hydrogen) atoms. The van der Waals surface area contributed by atoms with Crippen molar-refractivity contribution in [3.8, 4) is 0 Å². The maximum absolute atomic E-state index is 13.4. The van der Waals surface area contributed by atoms with Crippen LogP contribution >= 0.6 is 0 Å². The third-order valence-electron chi connectivity index (χ3n) is 5.39. The first-order valence-corrected chi connectivity index (χ1v) is 10.5. The molecule has 1 N–H and O–H groups in total. The molecule has 0 aromatic heterocycles. The first-order chi connectivity index (χ1) is 15.5. The molecule has 0 saturated carbocycles. The lowest BCUT2D eigenvalue weighted by atomic mass is 10.0. The normalized spacial score (nSPS) is 18.0. The van der Waals surface area contributed by atoms with E-state index in [0.717, 1.165) is 18.8 Å². The average Bonchev–Trinajstić information content (AvgIpc) is 3.30. The van der Waals surface area contributed by atoms with Crippen molar-refractivity contribution in [2.24, 2.45) is 5.16 Å². The Hall–Kier alpha value is -3.46. The number of oxime groups is 1. The van der Waals surface area contributed by atoms with E-state index in [1.54, 1.807) is 12.1 Å². The van der Waals surface area contributed by atoms with Crippen molar-refractivity contribution in [2.45, 2.75) is 12.5 Å². The van der Waals surface area contributed by atoms with Crippen molar-refractivity contribution < 1.29 is 23.6 Å². The van der Waals surface area contributed by atoms with E-state index in [2.05, 4.69) is 15.4 Å². The monoisotopic (exact) mass is 440 g/mol. The second-order valence-corrected chi connectivity index (χ2v) is 7.74. The standard InChI is InChI=1S/C23H25FN4O4/c1-27(23(30)21-14-20(26-32-21)16-3-2-4-17(24)13-16)15-22(29)25-18-5-7-19(8-6-18)28-9-11-31-12-10-28/h2-8,13,21H,9-12,14-15H2,1H3,(H,25,29). The molecular weight excluding hydrogens is 415 g/mol. The number of carbonyl (C=O) groups excluding carboxylic acids is 2. The number of anilines is 2. The van der Waals surface area contributed by atoms with E-state index in [1.165, 1.54) is 24.1 Å². The Balaban J connectivity index is 1.27. The summed E-state index contributed by atoms with van der Waals surface area (Å²) in [4.78, 5) is 33.8. The Bertz CT molecular complexity index is 1010. The van der Waals surface area contributed by atoms with Crippen molar-refractivity contribution in [1.29, 1.82) is 0 Å². The minimum atomic E-state index is -0.834. The van der Waals surface area contributed by atoms with Gasteiger partial charge >= 0.3 is 0 Å². The summed E-state index contributed by atoms with van der Waals surface area (Å²) in [5.41, 5.74) is 2.80. The van der Waals surface area contributed by atoms with Crippen molar-refractivity contribution in [2.75, 3.05) is 50.1 Å². The molecule has 2 aliphatic heterocycles. The number of halogens is 1. The van der Waals surface area contributed by atoms with Gasteiger partial charge in [-0.3, -0.25) is 9.59 Å². The highest BCUT2D eigenvalue weighted by atomic mass is 19.1. The summed E-state index contributed by atoms with van der Waals surface area (Å²) < 4.78 is 18.8. The number of ether oxygens (including phenoxy) is 1. The maximum atomic E-state index is 13.4. The average molecular weight is 440 g/mol. The molecule has 0 aliphatic carbocycles. The Morgan fingerprint density at radius 1 is 1.19 bits per heavy atom. The Morgan fingerprint density at radius 3 is 2.66 bits per heavy atom. The second-order valence-electron chi connectivity index (χ2n) is 7.74. The van der Waals surface area contributed by atoms with E-state index in [1.807, 2.05) is 24.3 Å². The molecular formula is C23H25FN4O4. The third-order valence-corrected chi connectivity index (χ3v) is 5.39. The lowest BCUT2D eigenvalue weighted by Crippen LogP contribution is -2.41. The number of amides is 2. The van der Waals surface area contributed by atoms with Gasteiger partial charge in [-0.1, -0.05) is 17.3 Å². The van der Waals surface area contributed by atoms with E-state index in [4.69, 9.17) is 9.57 Å². The van der Waals surface area contributed by atoms with Crippen LogP contribution in [0.2, 0.25) is 0 Å². The smallest absolute Gasteiger partial charge is 0.267 e. The van der Waals surface area contributed by atoms with Gasteiger partial charge in [0.25, 0.3) is 5.91 Å². The quantitative estimate of drug-likeness (QED) is 0.745. The fourth-order valence-corrected chi connectivity index (χ4v) is 3.67. The summed E-state index contributed by atoms with van der Waals surface area (Å²) in [6.45, 7) is 2.97. The number of nitrogens with one attached hydrogen (secondary N) is 1. The zero-order valence-electron chi connectivity index (χ0n) is 17.8. The predicted molar refractivity (Wildman–Crippen MR) is 118 cm³/mol. The van der Waals surface area contributed by atoms with Gasteiger partial charge in [0.2, 0.25) is 12.0 Å². The first kappa shape index (κ1) is 21.8. The van der Waals surface area contributed by atoms with E-state index in [-0.39, 0.29) is 30.6 Å². The summed E-state index contributed by atoms with van der Waals surface area (Å²) in [6, 6.07) is 13.5. The molecule has 0 bridgehead atoms. The fraction of sp³-hybridized carbons (Fsp3) is 0.348. The molecule has 2 aromatic rings. The summed E-state index contributed by atoms with van der Waals surface area (Å²) in [6.07, 6.45) is -0.615. The van der Waals surface area contributed by atoms with E-state index in [9.17, 15) is 14.0 Å². The van der Waals surface area contributed by atoms with Crippen molar-refractivity contribution in [1.82, 2.24) is 4.90 Å². The molecule has 1 saturated heterocycles. The van der Waals surface area contributed by atoms with Crippen molar-refractivity contribution in [3.05, 3.63) is 59.9 Å². The number of benzene rings is 2. The van der Waals surface area contributed by atoms with Crippen LogP contribution in [0.5, 0.6) is 0 Å². The van der Waals surface area contributed by atoms with Crippen LogP contribution in [0.25, 0.3) is 0 Å². The highest BCUT2D eigenvalue weighted by Gasteiger charge is 2.31. The summed E-state index contributed by atoms with van der Waals surface area (Å²) in [5, 5.41) is 6.72. The topological polar surface area (TPSA) is 83.5 Å². The van der Waals surface area contributed by atoms with E-state index in [0.29, 0.717) is 30.2 Å². The molecule has 168 valence electrons. The van der Waals surface area contributed by atoms with Crippen LogP contribution in [0.3, 0.4) is 0 Å². The molecule has 1 atom stereocenters. The van der Waals surface area contributed by atoms with Crippen molar-refractivity contribution >= 4 is 28.9 Å². The molecule has 1 unspecified atom stereocenters. The van der Waals surface area contributed by atoms with E-state index < -0.39 is 6.10 Å². The molecule has 2 aliphatic rings. The van der Waals surface area contributed by atoms with Gasteiger partial charge in [0.05, 0.1) is 25.5 Å². The Labute approximate surface area is 185 Å². The van der Waals surface area contributed by atoms with Crippen LogP contribution in [-0.4, -0.2) is 68.4 Å². The van der Waals surface area contributed by atoms with Crippen LogP contribution in [0, 0.1) is 5.82 Å². The van der Waals surface area contributed by atoms with Gasteiger partial charge in [-0.15, -0.1) is 0 Å². The maximum Gasteiger partial charge on any atom is 0.267 e. The number of morpholine rings is 1. The Kier molecular flexibility index (Phi) is 6.65. The Morgan fingerprint density at radius 2 is 1.94 bits per heavy atom. The van der Waals surface area contributed by atoms with Crippen LogP contribution < -0.4 is 10.2 Å². The van der Waals surface area contributed by atoms with Gasteiger partial charge in [-0.2, -0.15) is 0 Å². The van der Waals surface area contributed by atoms with Gasteiger partial charge < -0.3 is 24.7 Å². The van der Waals surface area contributed by atoms with Gasteiger partial charge in [0.1, 0.15) is 5.82 Å². The fourth-order valence-electron chi connectivity index (χ4n) is 3.67. The molecule has 0 spiro atoms. The summed E-state index contributed by atoms with van der Waals surface area (Å²) in [7, 11) is 1.53. The van der Waals surface area contributed by atoms with E-state index >= 15 is 0 Å². The zero-order chi connectivity index (χ0) is 22.5. The number of carbonyl (C=O) groups is 2. The number of nitrogens with zero attached hydrogens (tertiary/aromatic N) is 3. The molecule has 8 nitrogen and oxygen atoms in total. The number of rotatable bonds is 6. The lowest BCUT2D eigenvalue weighted by Gasteiger charge is -2.28. The summed E-state index contributed by atoms with van der Waals surface area (Å²) in [5.74, 6) is -1.06. The van der Waals surface area contributed by atoms with Gasteiger partial charge in [0.15, 0.2) is 0 Å². The number of hydrogen-bond acceptors (Lipinski definition) is 6. The van der Waals surface area contributed by atoms with Crippen molar-refractivity contribution in [3.63, 3.8) is 0 Å². The highest BCUT2D eigenvalue weighted by molar-refractivity contribution is 6.04. The molecule has 9 heteroatoms. The lowest BCUT2D eigenvalue weighted by molar-refractivity contribution is -0.142. The first-order valence-electron chi connectivity index (χ1n) is 10.5. The summed E-state index contributed by atoms with van der Waals surface area (Å²) >= 11 is 0. The van der Waals surface area contributed by atoms with Crippen LogP contribution in [0.15, 0.2) is 53.7 Å². The number of likely N-dealkylation sites (N-methyl/N-ethyl adjacent to an activating group) is 1. The number of hydrogen-bond donors (Lipinski definition) is 1. The van der Waals surface area contributed by atoms with Crippen LogP contribution in [0.1, 0.15) is 12.0 Å². The third kappa shape index (κ3) is 5.23. The van der Waals surface area contributed by atoms with Crippen LogP contribution in [-0.2, 0) is 19.2 Å². The minimum Gasteiger partial charge on any atom is -0.382 e. The van der Waals surface area contributed by atoms with Gasteiger partial charge in [-0.25, -0.2) is 4.39 Å². The predicted octanol–water partition coefficient (Wildman–Crippen LogP) is 2.25. The van der Waals surface area contributed by atoms with Gasteiger partial charge in [-0.05, 0) is 36.4 Å². The molecule has 4 rings (SSSR count). The molecule has 2 aromatic carbocycles. The molecule has 2 heterocycles. The largest absolute Gasteiger partial charge is 0.382 e.